The molecule has 5 saturated heterocycles. The van der Waals surface area contributed by atoms with E-state index in [1.54, 1.807) is 6.08 Å². The largest absolute Gasteiger partial charge is 0.510 e. The van der Waals surface area contributed by atoms with Crippen LogP contribution in [0.15, 0.2) is 70.7 Å². The lowest BCUT2D eigenvalue weighted by Gasteiger charge is -2.52. The molecule has 5 aliphatic heterocycles. The number of amides is 5. The predicted octanol–water partition coefficient (Wildman–Crippen LogP) is -1.63. The Morgan fingerprint density at radius 1 is 0.761 bits per heavy atom. The summed E-state index contributed by atoms with van der Waals surface area (Å²) >= 11 is 0. The third-order valence-electron chi connectivity index (χ3n) is 18.8. The van der Waals surface area contributed by atoms with Crippen LogP contribution in [0.2, 0.25) is 0 Å². The van der Waals surface area contributed by atoms with Crippen LogP contribution in [-0.4, -0.2) is 282 Å². The number of ether oxygens (including phenoxy) is 12. The first-order valence-corrected chi connectivity index (χ1v) is 36.8. The van der Waals surface area contributed by atoms with Gasteiger partial charge in [-0.3, -0.25) is 38.0 Å². The highest BCUT2D eigenvalue weighted by atomic mass is 31.2. The molecule has 5 heterocycles. The van der Waals surface area contributed by atoms with E-state index in [0.29, 0.717) is 12.8 Å². The van der Waals surface area contributed by atoms with Gasteiger partial charge in [-0.15, -0.1) is 0 Å². The summed E-state index contributed by atoms with van der Waals surface area (Å²) in [5.74, 6) is -9.60. The highest BCUT2D eigenvalue weighted by molar-refractivity contribution is 7.47. The number of phosphoric ester groups is 1. The van der Waals surface area contributed by atoms with Crippen molar-refractivity contribution in [1.82, 2.24) is 16.0 Å². The van der Waals surface area contributed by atoms with Crippen LogP contribution in [0.1, 0.15) is 133 Å². The molecule has 0 radical (unpaired) electrons. The van der Waals surface area contributed by atoms with Crippen LogP contribution < -0.4 is 27.4 Å². The Kier molecular flexibility index (Phi) is 34.1. The number of rotatable bonds is 38. The molecule has 5 amide bonds. The minimum absolute atomic E-state index is 0.0764. The van der Waals surface area contributed by atoms with Gasteiger partial charge in [-0.2, -0.15) is 0 Å². The van der Waals surface area contributed by atoms with Crippen LogP contribution in [0.5, 0.6) is 0 Å². The van der Waals surface area contributed by atoms with E-state index in [1.807, 2.05) is 6.92 Å². The summed E-state index contributed by atoms with van der Waals surface area (Å²) in [6.45, 7) is 17.0. The first kappa shape index (κ1) is 91.7. The summed E-state index contributed by atoms with van der Waals surface area (Å²) in [7, 11) is -5.98. The third-order valence-corrected chi connectivity index (χ3v) is 19.8. The standard InChI is InChI=1S/C69H108N5O34P/c1-32(2)15-14-17-33(3)18-19-35(5)22-25-67(9,10)24-13-12-16-34(4)23-26-95-44(97-31-76)30-98-109(93,94)108-69(27-43(102-66(71)91)68(11,92)59(106-69)60(70)89)107-63-47(73-38(8)78)50(83)57(42(101-63)29-96-64-54(87)51(84)48(81)41(28-75)100-64)104-62-46(72-37(7)77)49(82)56(36(6)99-62)103-65-55(88)52(85)53(86)58(105-65)61(90)74-45-39(79)20-21-40(45)80/h13,15,18,23-24,31,36,41-44,46-59,62-65,75,79,81-88,92H,5,12,14,16-17,19-22,25-30H2,1-4,6-11H3,(H2,70,89)(H2,71,91)(H,72,77)(H,73,78)(H,74,90)(H,93,94)/b24-13+,33-18+,34-23-/t36?,41?,42?,43-,44+,46?,47?,48+,49-,50-,51+,52+,53-,54?,55?,56+,57+,58?,59?,62+,63+,64-,65-,68+,69+/m1/s1. The molecule has 0 saturated carbocycles. The van der Waals surface area contributed by atoms with Gasteiger partial charge in [0.2, 0.25) is 24.0 Å². The van der Waals surface area contributed by atoms with Gasteiger partial charge in [0.15, 0.2) is 43.2 Å². The second-order valence-electron chi connectivity index (χ2n) is 28.8. The van der Waals surface area contributed by atoms with E-state index in [4.69, 9.17) is 77.4 Å². The molecule has 0 aromatic rings. The van der Waals surface area contributed by atoms with Crippen LogP contribution in [0.25, 0.3) is 0 Å². The quantitative estimate of drug-likeness (QED) is 0.0143. The third kappa shape index (κ3) is 25.7. The smallest absolute Gasteiger partial charge is 0.476 e. The number of Topliss-reactive ketones (excluding diaryl/α,β-unsaturated/α-hetero) is 1. The Labute approximate surface area is 629 Å². The van der Waals surface area contributed by atoms with Crippen LogP contribution in [0, 0.1) is 5.41 Å². The van der Waals surface area contributed by atoms with Crippen molar-refractivity contribution in [2.75, 3.05) is 26.4 Å². The number of hydrogen-bond acceptors (Lipinski definition) is 33. The molecular formula is C69H108N5O34P. The molecule has 39 nitrogen and oxygen atoms in total. The van der Waals surface area contributed by atoms with Crippen molar-refractivity contribution in [2.45, 2.75) is 286 Å². The summed E-state index contributed by atoms with van der Waals surface area (Å²) in [5, 5.41) is 129. The van der Waals surface area contributed by atoms with E-state index in [0.717, 1.165) is 64.0 Å². The Morgan fingerprint density at radius 3 is 1.97 bits per heavy atom. The summed E-state index contributed by atoms with van der Waals surface area (Å²) < 4.78 is 94.9. The monoisotopic (exact) mass is 1580 g/mol. The normalized spacial score (nSPS) is 35.6. The molecule has 5 fully saturated rings. The molecule has 26 atom stereocenters. The molecule has 109 heavy (non-hydrogen) atoms. The Morgan fingerprint density at radius 2 is 1.37 bits per heavy atom. The average molecular weight is 1580 g/mol. The summed E-state index contributed by atoms with van der Waals surface area (Å²) in [6.07, 6.45) is -31.3. The predicted molar refractivity (Wildman–Crippen MR) is 371 cm³/mol. The van der Waals surface area contributed by atoms with E-state index in [2.05, 4.69) is 81.5 Å². The Bertz CT molecular complexity index is 3350. The van der Waals surface area contributed by atoms with Gasteiger partial charge in [0.1, 0.15) is 115 Å². The maximum absolute atomic E-state index is 14.5. The maximum atomic E-state index is 14.5. The van der Waals surface area contributed by atoms with Gasteiger partial charge in [-0.25, -0.2) is 13.9 Å². The maximum Gasteiger partial charge on any atom is 0.476 e. The summed E-state index contributed by atoms with van der Waals surface area (Å²) in [4.78, 5) is 102. The van der Waals surface area contributed by atoms with Crippen LogP contribution in [0.3, 0.4) is 0 Å². The number of ketones is 1. The lowest BCUT2D eigenvalue weighted by molar-refractivity contribution is -0.454. The lowest BCUT2D eigenvalue weighted by atomic mass is 9.85. The molecule has 40 heteroatoms. The average Bonchev–Trinajstić information content (AvgIpc) is 1.45. The number of carbonyl (C=O) groups is 7. The second kappa shape index (κ2) is 40.5. The molecule has 6 aliphatic rings. The van der Waals surface area contributed by atoms with E-state index >= 15 is 0 Å². The fraction of sp³-hybridized carbons (Fsp3) is 0.725. The van der Waals surface area contributed by atoms with Crippen LogP contribution >= 0.6 is 7.82 Å². The van der Waals surface area contributed by atoms with Gasteiger partial charge in [0.25, 0.3) is 18.4 Å². The van der Waals surface area contributed by atoms with Crippen molar-refractivity contribution >= 4 is 49.8 Å². The number of nitrogens with one attached hydrogen (secondary N) is 3. The van der Waals surface area contributed by atoms with Crippen molar-refractivity contribution < 1.29 is 165 Å². The molecule has 0 bridgehead atoms. The van der Waals surface area contributed by atoms with Crippen LogP contribution in [0.4, 0.5) is 4.79 Å². The number of allylic oxidation sites excluding steroid dienone is 10. The highest BCUT2D eigenvalue weighted by Gasteiger charge is 2.64. The molecule has 618 valence electrons. The van der Waals surface area contributed by atoms with Gasteiger partial charge in [-0.05, 0) is 91.9 Å². The van der Waals surface area contributed by atoms with Crippen LogP contribution in [-0.2, 0) is 99.2 Å². The highest BCUT2D eigenvalue weighted by Crippen LogP contribution is 2.53. The van der Waals surface area contributed by atoms with Crippen molar-refractivity contribution in [3.8, 4) is 0 Å². The number of primary amides is 2. The summed E-state index contributed by atoms with van der Waals surface area (Å²) in [5.41, 5.74) is 12.3. The van der Waals surface area contributed by atoms with Gasteiger partial charge in [0, 0.05) is 26.7 Å². The number of aliphatic hydroxyl groups is 11. The zero-order chi connectivity index (χ0) is 81.4. The van der Waals surface area contributed by atoms with Gasteiger partial charge in [-0.1, -0.05) is 73.1 Å². The zero-order valence-corrected chi connectivity index (χ0v) is 63.2. The number of hydrogen-bond donors (Lipinski definition) is 17. The Hall–Kier alpha value is -6.16. The van der Waals surface area contributed by atoms with Crippen molar-refractivity contribution in [3.63, 3.8) is 0 Å². The molecule has 10 unspecified atom stereocenters. The molecular weight excluding hydrogens is 1470 g/mol. The van der Waals surface area contributed by atoms with Crippen molar-refractivity contribution in [2.24, 2.45) is 16.9 Å². The van der Waals surface area contributed by atoms with Gasteiger partial charge < -0.3 is 141 Å². The first-order valence-electron chi connectivity index (χ1n) is 35.4. The molecule has 19 N–H and O–H groups in total. The van der Waals surface area contributed by atoms with Gasteiger partial charge in [0.05, 0.1) is 32.3 Å². The Balaban J connectivity index is 1.27. The minimum Gasteiger partial charge on any atom is -0.510 e. The van der Waals surface area contributed by atoms with Crippen molar-refractivity contribution in [3.05, 3.63) is 70.7 Å². The molecule has 6 rings (SSSR count). The first-order chi connectivity index (χ1) is 50.9. The number of aliphatic hydroxyl groups excluding tert-OH is 10. The minimum atomic E-state index is -5.98. The molecule has 0 aromatic carbocycles. The van der Waals surface area contributed by atoms with E-state index in [1.165, 1.54) is 18.1 Å². The number of carbonyl (C=O) groups excluding carboxylic acids is 7. The fourth-order valence-corrected chi connectivity index (χ4v) is 13.4. The summed E-state index contributed by atoms with van der Waals surface area (Å²) in [6, 6.07) is -4.08. The van der Waals surface area contributed by atoms with E-state index in [9.17, 15) is 99.2 Å². The second-order valence-corrected chi connectivity index (χ2v) is 30.1. The van der Waals surface area contributed by atoms with Gasteiger partial charge >= 0.3 is 13.9 Å². The van der Waals surface area contributed by atoms with E-state index in [-0.39, 0.29) is 31.3 Å². The molecule has 1 aliphatic carbocycles. The number of phosphoric acid groups is 1. The van der Waals surface area contributed by atoms with E-state index < -0.39 is 234 Å². The number of nitrogens with two attached hydrogens (primary N) is 2. The zero-order valence-electron chi connectivity index (χ0n) is 62.3. The lowest BCUT2D eigenvalue weighted by Crippen LogP contribution is -2.72. The molecule has 0 spiro atoms. The topological polar surface area (TPSA) is 597 Å². The SMILES string of the molecule is C=C(C/C=C(\C)CCC=C(C)C)CCC(C)(C)/C=C/CC/C(C)=C\CO[C@H](COP(=O)(O)O[C@@]1(O[C@@H]2OC(CO[C@@H]3OC(CO)[C@H](O)[C@H](O)C3O)[C@H](O[C@@H]3OC(C)[C@H](O[C@@H]4OC(C(=O)NC5=C(O)CCC5=O)[C@H](O)[C@H](O)C4O)[C@H](O)C3NC(C)=O)[C@H](O)C2NC(C)=O)C[C@@H](OC(N)=O)[C@](C)(O)C(C(N)=O)O1)OC=O. The fourth-order valence-electron chi connectivity index (χ4n) is 12.6. The molecule has 0 aromatic heterocycles. The van der Waals surface area contributed by atoms with Crippen molar-refractivity contribution in [1.29, 1.82) is 0 Å².